The number of hydrogen-bond acceptors (Lipinski definition) is 2. The number of ketones is 1. The molecule has 29 heavy (non-hydrogen) atoms. The minimum Gasteiger partial charge on any atom is -0.393 e. The third kappa shape index (κ3) is 2.88. The van der Waals surface area contributed by atoms with Gasteiger partial charge in [0.15, 0.2) is 5.78 Å². The van der Waals surface area contributed by atoms with Crippen molar-refractivity contribution in [3.8, 4) is 0 Å². The van der Waals surface area contributed by atoms with E-state index in [2.05, 4.69) is 19.9 Å². The first-order chi connectivity index (χ1) is 13.8. The second-order valence-electron chi connectivity index (χ2n) is 10.4. The van der Waals surface area contributed by atoms with E-state index in [0.717, 1.165) is 56.1 Å². The van der Waals surface area contributed by atoms with Crippen LogP contribution in [0.2, 0.25) is 0 Å². The van der Waals surface area contributed by atoms with Gasteiger partial charge >= 0.3 is 0 Å². The highest BCUT2D eigenvalue weighted by Gasteiger charge is 2.59. The fraction of sp³-hybridized carbons (Fsp3) is 0.577. The fourth-order valence-corrected chi connectivity index (χ4v) is 7.24. The van der Waals surface area contributed by atoms with E-state index in [1.165, 1.54) is 17.7 Å². The Morgan fingerprint density at radius 2 is 1.90 bits per heavy atom. The zero-order valence-electron chi connectivity index (χ0n) is 17.5. The van der Waals surface area contributed by atoms with Gasteiger partial charge in [0.25, 0.3) is 0 Å². The van der Waals surface area contributed by atoms with Crippen LogP contribution in [-0.4, -0.2) is 17.0 Å². The fourth-order valence-electron chi connectivity index (χ4n) is 7.24. The molecule has 3 saturated carbocycles. The van der Waals surface area contributed by atoms with Gasteiger partial charge in [-0.1, -0.05) is 37.6 Å². The summed E-state index contributed by atoms with van der Waals surface area (Å²) in [6.45, 7) is 4.58. The lowest BCUT2D eigenvalue weighted by Crippen LogP contribution is -2.50. The van der Waals surface area contributed by atoms with E-state index < -0.39 is 0 Å². The molecule has 4 aliphatic carbocycles. The molecule has 0 aliphatic heterocycles. The lowest BCUT2D eigenvalue weighted by Gasteiger charge is -2.56. The second kappa shape index (κ2) is 6.63. The normalized spacial score (nSPS) is 42.8. The van der Waals surface area contributed by atoms with Crippen molar-refractivity contribution in [1.29, 1.82) is 0 Å². The van der Waals surface area contributed by atoms with Crippen molar-refractivity contribution in [1.82, 2.24) is 0 Å². The maximum atomic E-state index is 13.6. The number of Topliss-reactive ketones (excluding diaryl/α,β-unsaturated/α-hetero) is 1. The Hall–Kier alpha value is -1.74. The summed E-state index contributed by atoms with van der Waals surface area (Å²) in [5, 5.41) is 10.2. The van der Waals surface area contributed by atoms with Crippen LogP contribution in [0.3, 0.4) is 0 Å². The average molecular weight is 395 g/mol. The van der Waals surface area contributed by atoms with Gasteiger partial charge in [0, 0.05) is 5.41 Å². The third-order valence-electron chi connectivity index (χ3n) is 8.91. The molecule has 0 unspecified atom stereocenters. The Labute approximate surface area is 172 Å². The summed E-state index contributed by atoms with van der Waals surface area (Å²) < 4.78 is 13.6. The molecule has 154 valence electrons. The number of carbonyl (C=O) groups excluding carboxylic acids is 1. The summed E-state index contributed by atoms with van der Waals surface area (Å²) >= 11 is 0. The number of allylic oxidation sites excluding steroid dienone is 2. The molecule has 1 aromatic rings. The molecule has 5 rings (SSSR count). The van der Waals surface area contributed by atoms with E-state index in [0.29, 0.717) is 17.8 Å². The van der Waals surface area contributed by atoms with Gasteiger partial charge in [0.05, 0.1) is 6.10 Å². The molecule has 0 aromatic heterocycles. The van der Waals surface area contributed by atoms with Crippen molar-refractivity contribution in [3.63, 3.8) is 0 Å². The Morgan fingerprint density at radius 1 is 1.10 bits per heavy atom. The van der Waals surface area contributed by atoms with Crippen LogP contribution in [0.15, 0.2) is 41.5 Å². The predicted molar refractivity (Wildman–Crippen MR) is 112 cm³/mol. The molecule has 0 amide bonds. The number of halogens is 1. The van der Waals surface area contributed by atoms with E-state index in [-0.39, 0.29) is 28.5 Å². The summed E-state index contributed by atoms with van der Waals surface area (Å²) in [6.07, 6.45) is 10.8. The number of carbonyl (C=O) groups is 1. The maximum Gasteiger partial charge on any atom is 0.165 e. The van der Waals surface area contributed by atoms with Crippen LogP contribution in [0.1, 0.15) is 64.4 Å². The van der Waals surface area contributed by atoms with Crippen molar-refractivity contribution in [3.05, 3.63) is 52.9 Å². The van der Waals surface area contributed by atoms with Crippen LogP contribution in [0.25, 0.3) is 6.08 Å². The molecule has 0 radical (unpaired) electrons. The lowest BCUT2D eigenvalue weighted by atomic mass is 9.48. The standard InChI is InChI=1S/C26H31FO2/c1-25-10-8-20(28)15-18(25)6-7-21-22(25)9-11-26(2)23(21)14-17(24(26)29)12-16-4-3-5-19(27)13-16/h3-6,12-13,20-23,28H,7-11,14-15H2,1-2H3/b17-12+/t20-,21+,22-,23-,25-,26-/m0/s1. The van der Waals surface area contributed by atoms with Gasteiger partial charge in [-0.2, -0.15) is 0 Å². The van der Waals surface area contributed by atoms with E-state index in [1.807, 2.05) is 12.1 Å². The molecule has 1 aromatic carbocycles. The lowest BCUT2D eigenvalue weighted by molar-refractivity contribution is -0.130. The van der Waals surface area contributed by atoms with Gasteiger partial charge in [-0.05, 0) is 97.5 Å². The van der Waals surface area contributed by atoms with Crippen LogP contribution in [0, 0.1) is 34.4 Å². The summed E-state index contributed by atoms with van der Waals surface area (Å²) in [4.78, 5) is 13.4. The van der Waals surface area contributed by atoms with Crippen molar-refractivity contribution in [2.75, 3.05) is 0 Å². The van der Waals surface area contributed by atoms with Crippen LogP contribution in [0.5, 0.6) is 0 Å². The highest BCUT2D eigenvalue weighted by atomic mass is 19.1. The molecule has 0 heterocycles. The van der Waals surface area contributed by atoms with Crippen molar-refractivity contribution in [2.24, 2.45) is 28.6 Å². The zero-order chi connectivity index (χ0) is 20.4. The summed E-state index contributed by atoms with van der Waals surface area (Å²) in [5.41, 5.74) is 3.02. The van der Waals surface area contributed by atoms with Gasteiger partial charge in [-0.25, -0.2) is 4.39 Å². The molecule has 0 saturated heterocycles. The van der Waals surface area contributed by atoms with Gasteiger partial charge in [0.1, 0.15) is 5.82 Å². The SMILES string of the molecule is C[C@]12CC[C@H](O)CC1=CC[C@@H]1[C@@H]2CC[C@]2(C)C(=O)/C(=C/c3cccc(F)c3)C[C@@H]12. The highest BCUT2D eigenvalue weighted by molar-refractivity contribution is 6.05. The first-order valence-electron chi connectivity index (χ1n) is 11.2. The van der Waals surface area contributed by atoms with Crippen molar-refractivity contribution in [2.45, 2.75) is 64.9 Å². The predicted octanol–water partition coefficient (Wildman–Crippen LogP) is 5.71. The Morgan fingerprint density at radius 3 is 2.69 bits per heavy atom. The average Bonchev–Trinajstić information content (AvgIpc) is 2.93. The molecular weight excluding hydrogens is 363 g/mol. The molecule has 3 fully saturated rings. The summed E-state index contributed by atoms with van der Waals surface area (Å²) in [6, 6.07) is 6.54. The first-order valence-corrected chi connectivity index (χ1v) is 11.2. The van der Waals surface area contributed by atoms with Gasteiger partial charge in [-0.15, -0.1) is 0 Å². The maximum absolute atomic E-state index is 13.6. The molecule has 0 bridgehead atoms. The molecular formula is C26H31FO2. The molecule has 4 aliphatic rings. The number of aliphatic hydroxyl groups is 1. The number of benzene rings is 1. The van der Waals surface area contributed by atoms with Crippen LogP contribution in [-0.2, 0) is 4.79 Å². The largest absolute Gasteiger partial charge is 0.393 e. The number of aliphatic hydroxyl groups excluding tert-OH is 1. The minimum atomic E-state index is -0.282. The van der Waals surface area contributed by atoms with E-state index >= 15 is 0 Å². The van der Waals surface area contributed by atoms with Crippen molar-refractivity contribution < 1.29 is 14.3 Å². The monoisotopic (exact) mass is 394 g/mol. The number of rotatable bonds is 1. The number of fused-ring (bicyclic) bond motifs is 5. The van der Waals surface area contributed by atoms with E-state index in [1.54, 1.807) is 6.07 Å². The van der Waals surface area contributed by atoms with Gasteiger partial charge < -0.3 is 5.11 Å². The van der Waals surface area contributed by atoms with Crippen LogP contribution in [0.4, 0.5) is 4.39 Å². The topological polar surface area (TPSA) is 37.3 Å². The zero-order valence-corrected chi connectivity index (χ0v) is 17.5. The van der Waals surface area contributed by atoms with Crippen LogP contribution >= 0.6 is 0 Å². The Kier molecular flexibility index (Phi) is 4.40. The minimum absolute atomic E-state index is 0.182. The molecule has 2 nitrogen and oxygen atoms in total. The Bertz CT molecular complexity index is 915. The first kappa shape index (κ1) is 19.2. The number of hydrogen-bond donors (Lipinski definition) is 1. The van der Waals surface area contributed by atoms with Gasteiger partial charge in [0.2, 0.25) is 0 Å². The van der Waals surface area contributed by atoms with Crippen LogP contribution < -0.4 is 0 Å². The summed E-state index contributed by atoms with van der Waals surface area (Å²) in [7, 11) is 0. The van der Waals surface area contributed by atoms with E-state index in [9.17, 15) is 14.3 Å². The van der Waals surface area contributed by atoms with E-state index in [4.69, 9.17) is 0 Å². The third-order valence-corrected chi connectivity index (χ3v) is 8.91. The molecule has 6 atom stereocenters. The molecule has 3 heteroatoms. The molecule has 1 N–H and O–H groups in total. The van der Waals surface area contributed by atoms with Gasteiger partial charge in [-0.3, -0.25) is 4.79 Å². The quantitative estimate of drug-likeness (QED) is 0.489. The smallest absolute Gasteiger partial charge is 0.165 e. The van der Waals surface area contributed by atoms with Crippen molar-refractivity contribution >= 4 is 11.9 Å². The Balaban J connectivity index is 1.48. The molecule has 0 spiro atoms. The second-order valence-corrected chi connectivity index (χ2v) is 10.4. The highest BCUT2D eigenvalue weighted by Crippen LogP contribution is 2.64. The summed E-state index contributed by atoms with van der Waals surface area (Å²) in [5.74, 6) is 1.53.